The van der Waals surface area contributed by atoms with E-state index in [-0.39, 0.29) is 36.1 Å². The first-order valence-electron chi connectivity index (χ1n) is 12.5. The van der Waals surface area contributed by atoms with Gasteiger partial charge in [0.1, 0.15) is 5.82 Å². The van der Waals surface area contributed by atoms with Crippen molar-refractivity contribution in [2.45, 2.75) is 64.1 Å². The predicted octanol–water partition coefficient (Wildman–Crippen LogP) is 4.22. The number of carbonyl (C=O) groups excluding carboxylic acids is 2. The number of hydrogen-bond acceptors (Lipinski definition) is 3. The van der Waals surface area contributed by atoms with E-state index < -0.39 is 0 Å². The summed E-state index contributed by atoms with van der Waals surface area (Å²) in [5.41, 5.74) is 2.05. The number of aromatic nitrogens is 1. The molecule has 2 aliphatic rings. The molecule has 2 saturated carbocycles. The molecule has 2 fully saturated rings. The van der Waals surface area contributed by atoms with Gasteiger partial charge < -0.3 is 19.1 Å². The highest BCUT2D eigenvalue weighted by Gasteiger charge is 2.35. The molecule has 0 saturated heterocycles. The Balaban J connectivity index is 1.50. The van der Waals surface area contributed by atoms with Gasteiger partial charge in [0.25, 0.3) is 0 Å². The van der Waals surface area contributed by atoms with Crippen molar-refractivity contribution < 1.29 is 18.7 Å². The lowest BCUT2D eigenvalue weighted by atomic mass is 9.94. The van der Waals surface area contributed by atoms with E-state index in [0.717, 1.165) is 49.8 Å². The van der Waals surface area contributed by atoms with Crippen molar-refractivity contribution in [2.75, 3.05) is 26.8 Å². The number of methoxy groups -OCH3 is 1. The first-order chi connectivity index (χ1) is 16.5. The molecule has 2 aliphatic carbocycles. The lowest BCUT2D eigenvalue weighted by Gasteiger charge is -2.36. The fraction of sp³-hybridized carbons (Fsp3) is 0.556. The maximum atomic E-state index is 13.6. The molecule has 0 N–H and O–H groups in total. The Bertz CT molecular complexity index is 948. The Labute approximate surface area is 201 Å². The lowest BCUT2D eigenvalue weighted by molar-refractivity contribution is -0.144. The van der Waals surface area contributed by atoms with Crippen LogP contribution in [0, 0.1) is 11.7 Å². The molecule has 0 atom stereocenters. The molecule has 1 aromatic heterocycles. The molecule has 34 heavy (non-hydrogen) atoms. The van der Waals surface area contributed by atoms with Crippen LogP contribution in [-0.4, -0.2) is 59.0 Å². The third kappa shape index (κ3) is 6.47. The van der Waals surface area contributed by atoms with Crippen LogP contribution in [0.15, 0.2) is 42.6 Å². The number of hydrogen-bond donors (Lipinski definition) is 0. The monoisotopic (exact) mass is 469 g/mol. The Kier molecular flexibility index (Phi) is 8.38. The average molecular weight is 470 g/mol. The minimum atomic E-state index is -0.246. The van der Waals surface area contributed by atoms with Crippen molar-refractivity contribution in [1.82, 2.24) is 14.4 Å². The minimum absolute atomic E-state index is 0.00605. The zero-order valence-corrected chi connectivity index (χ0v) is 20.1. The summed E-state index contributed by atoms with van der Waals surface area (Å²) in [4.78, 5) is 30.1. The van der Waals surface area contributed by atoms with Gasteiger partial charge in [-0.15, -0.1) is 0 Å². The summed E-state index contributed by atoms with van der Waals surface area (Å²) in [6, 6.07) is 10.8. The summed E-state index contributed by atoms with van der Waals surface area (Å²) >= 11 is 0. The maximum Gasteiger partial charge on any atom is 0.242 e. The number of carbonyl (C=O) groups is 2. The van der Waals surface area contributed by atoms with Gasteiger partial charge in [-0.2, -0.15) is 0 Å². The first kappa shape index (κ1) is 24.5. The van der Waals surface area contributed by atoms with E-state index in [0.29, 0.717) is 26.2 Å². The molecule has 7 heteroatoms. The normalized spacial score (nSPS) is 16.4. The number of benzene rings is 1. The molecule has 2 aromatic rings. The van der Waals surface area contributed by atoms with Gasteiger partial charge in [-0.05, 0) is 55.5 Å². The standard InChI is InChI=1S/C27H36FN3O3/c1-34-17-16-30(27(33)22-11-12-22)20-26(32)31(24-6-3-2-4-7-24)19-25-8-5-15-29(25)18-21-9-13-23(28)14-10-21/h5,8-10,13-15,22,24H,2-4,6-7,11-12,16-20H2,1H3. The summed E-state index contributed by atoms with van der Waals surface area (Å²) in [6.07, 6.45) is 9.29. The summed E-state index contributed by atoms with van der Waals surface area (Å²) in [7, 11) is 1.62. The number of amides is 2. The fourth-order valence-corrected chi connectivity index (χ4v) is 4.83. The van der Waals surface area contributed by atoms with Crippen LogP contribution in [-0.2, 0) is 27.4 Å². The van der Waals surface area contributed by atoms with Crippen molar-refractivity contribution in [3.63, 3.8) is 0 Å². The second-order valence-corrected chi connectivity index (χ2v) is 9.59. The molecule has 0 bridgehead atoms. The summed E-state index contributed by atoms with van der Waals surface area (Å²) in [5, 5.41) is 0. The zero-order valence-electron chi connectivity index (χ0n) is 20.1. The van der Waals surface area contributed by atoms with Crippen LogP contribution in [0.3, 0.4) is 0 Å². The van der Waals surface area contributed by atoms with Crippen molar-refractivity contribution in [1.29, 1.82) is 0 Å². The molecule has 1 aromatic carbocycles. The highest BCUT2D eigenvalue weighted by molar-refractivity contribution is 5.87. The van der Waals surface area contributed by atoms with Crippen LogP contribution in [0.1, 0.15) is 56.2 Å². The van der Waals surface area contributed by atoms with Crippen LogP contribution >= 0.6 is 0 Å². The van der Waals surface area contributed by atoms with Crippen LogP contribution < -0.4 is 0 Å². The molecule has 0 radical (unpaired) electrons. The highest BCUT2D eigenvalue weighted by atomic mass is 19.1. The smallest absolute Gasteiger partial charge is 0.242 e. The van der Waals surface area contributed by atoms with Crippen molar-refractivity contribution in [3.05, 3.63) is 59.7 Å². The third-order valence-corrected chi connectivity index (χ3v) is 6.99. The topological polar surface area (TPSA) is 54.8 Å². The summed E-state index contributed by atoms with van der Waals surface area (Å²) in [5.74, 6) is -0.0923. The third-order valence-electron chi connectivity index (χ3n) is 6.99. The number of halogens is 1. The second kappa shape index (κ2) is 11.6. The minimum Gasteiger partial charge on any atom is -0.383 e. The van der Waals surface area contributed by atoms with E-state index in [4.69, 9.17) is 4.74 Å². The molecule has 0 aliphatic heterocycles. The molecular formula is C27H36FN3O3. The van der Waals surface area contributed by atoms with Crippen LogP contribution in [0.2, 0.25) is 0 Å². The molecule has 0 spiro atoms. The number of ether oxygens (including phenoxy) is 1. The van der Waals surface area contributed by atoms with E-state index in [2.05, 4.69) is 4.57 Å². The van der Waals surface area contributed by atoms with E-state index in [9.17, 15) is 14.0 Å². The molecule has 4 rings (SSSR count). The molecule has 6 nitrogen and oxygen atoms in total. The second-order valence-electron chi connectivity index (χ2n) is 9.59. The van der Waals surface area contributed by atoms with Crippen LogP contribution in [0.4, 0.5) is 4.39 Å². The average Bonchev–Trinajstić information content (AvgIpc) is 3.62. The van der Waals surface area contributed by atoms with Gasteiger partial charge in [-0.1, -0.05) is 31.4 Å². The number of rotatable bonds is 11. The highest BCUT2D eigenvalue weighted by Crippen LogP contribution is 2.31. The van der Waals surface area contributed by atoms with Gasteiger partial charge in [-0.25, -0.2) is 4.39 Å². The van der Waals surface area contributed by atoms with Gasteiger partial charge in [0.15, 0.2) is 0 Å². The summed E-state index contributed by atoms with van der Waals surface area (Å²) < 4.78 is 20.6. The molecule has 0 unspecified atom stereocenters. The Morgan fingerprint density at radius 2 is 1.79 bits per heavy atom. The van der Waals surface area contributed by atoms with E-state index in [1.807, 2.05) is 23.2 Å². The lowest BCUT2D eigenvalue weighted by Crippen LogP contribution is -2.48. The van der Waals surface area contributed by atoms with Crippen molar-refractivity contribution in [2.24, 2.45) is 5.92 Å². The van der Waals surface area contributed by atoms with E-state index in [1.54, 1.807) is 24.1 Å². The van der Waals surface area contributed by atoms with Crippen molar-refractivity contribution >= 4 is 11.8 Å². The van der Waals surface area contributed by atoms with Crippen LogP contribution in [0.5, 0.6) is 0 Å². The maximum absolute atomic E-state index is 13.6. The Morgan fingerprint density at radius 3 is 2.47 bits per heavy atom. The SMILES string of the molecule is COCCN(CC(=O)N(Cc1cccn1Cc1ccc(F)cc1)C1CCCCC1)C(=O)C1CC1. The number of nitrogens with zero attached hydrogens (tertiary/aromatic N) is 3. The van der Waals surface area contributed by atoms with Gasteiger partial charge in [0.05, 0.1) is 19.7 Å². The van der Waals surface area contributed by atoms with Gasteiger partial charge in [-0.3, -0.25) is 9.59 Å². The largest absolute Gasteiger partial charge is 0.383 e. The molecule has 1 heterocycles. The predicted molar refractivity (Wildman–Crippen MR) is 129 cm³/mol. The Hall–Kier alpha value is -2.67. The first-order valence-corrected chi connectivity index (χ1v) is 12.5. The van der Waals surface area contributed by atoms with Crippen LogP contribution in [0.25, 0.3) is 0 Å². The zero-order chi connectivity index (χ0) is 23.9. The van der Waals surface area contributed by atoms with Gasteiger partial charge in [0, 0.05) is 44.0 Å². The Morgan fingerprint density at radius 1 is 1.06 bits per heavy atom. The quantitative estimate of drug-likeness (QED) is 0.495. The van der Waals surface area contributed by atoms with Crippen molar-refractivity contribution in [3.8, 4) is 0 Å². The van der Waals surface area contributed by atoms with Gasteiger partial charge >= 0.3 is 0 Å². The van der Waals surface area contributed by atoms with E-state index in [1.165, 1.54) is 18.6 Å². The molecule has 2 amide bonds. The molecule has 184 valence electrons. The molecular weight excluding hydrogens is 433 g/mol. The fourth-order valence-electron chi connectivity index (χ4n) is 4.83. The van der Waals surface area contributed by atoms with Gasteiger partial charge in [0.2, 0.25) is 11.8 Å². The summed E-state index contributed by atoms with van der Waals surface area (Å²) in [6.45, 7) is 2.10. The van der Waals surface area contributed by atoms with E-state index >= 15 is 0 Å².